The highest BCUT2D eigenvalue weighted by Gasteiger charge is 2.31. The fourth-order valence-electron chi connectivity index (χ4n) is 4.58. The van der Waals surface area contributed by atoms with E-state index in [1.807, 2.05) is 37.3 Å². The van der Waals surface area contributed by atoms with Crippen LogP contribution in [0.25, 0.3) is 0 Å². The number of hydrogen-bond donors (Lipinski definition) is 1. The molecule has 1 unspecified atom stereocenters. The van der Waals surface area contributed by atoms with Crippen molar-refractivity contribution in [2.24, 2.45) is 5.92 Å². The van der Waals surface area contributed by atoms with Gasteiger partial charge in [0.2, 0.25) is 0 Å². The molecule has 3 aromatic carbocycles. The smallest absolute Gasteiger partial charge is 0.251 e. The van der Waals surface area contributed by atoms with Crippen molar-refractivity contribution in [2.45, 2.75) is 32.1 Å². The number of hydrogen-bond acceptors (Lipinski definition) is 4. The number of nitrogens with zero attached hydrogens (tertiary/aromatic N) is 1. The van der Waals surface area contributed by atoms with Crippen LogP contribution in [0.4, 0.5) is 4.48 Å². The van der Waals surface area contributed by atoms with E-state index >= 15 is 0 Å². The third-order valence-corrected chi connectivity index (χ3v) is 6.61. The number of piperidine rings is 1. The Kier molecular flexibility index (Phi) is 9.33. The average Bonchev–Trinajstić information content (AvgIpc) is 2.92. The number of ether oxygens (including phenoxy) is 2. The summed E-state index contributed by atoms with van der Waals surface area (Å²) in [6.45, 7) is 4.45. The molecular formula is C30H35FN2O3. The molecule has 36 heavy (non-hydrogen) atoms. The Bertz CT molecular complexity index is 1070. The Morgan fingerprint density at radius 1 is 0.972 bits per heavy atom. The van der Waals surface area contributed by atoms with Crippen LogP contribution in [-0.4, -0.2) is 43.9 Å². The minimum atomic E-state index is -0.0868. The summed E-state index contributed by atoms with van der Waals surface area (Å²) in [7, 11) is 0. The Labute approximate surface area is 213 Å². The molecule has 5 nitrogen and oxygen atoms in total. The van der Waals surface area contributed by atoms with Crippen molar-refractivity contribution in [1.82, 2.24) is 10.4 Å². The SMILES string of the molecule is CCCNC(=O)c1ccc(OCC2CN(F)CC[C@H]2c2ccc(OCCc3ccccc3)cc2)cc1. The number of rotatable bonds is 11. The van der Waals surface area contributed by atoms with Gasteiger partial charge in [0.15, 0.2) is 0 Å². The van der Waals surface area contributed by atoms with Crippen molar-refractivity contribution in [3.63, 3.8) is 0 Å². The van der Waals surface area contributed by atoms with E-state index in [1.54, 1.807) is 24.3 Å². The predicted octanol–water partition coefficient (Wildman–Crippen LogP) is 5.82. The third-order valence-electron chi connectivity index (χ3n) is 6.61. The van der Waals surface area contributed by atoms with Crippen LogP contribution in [0.3, 0.4) is 0 Å². The Balaban J connectivity index is 1.32. The Hall–Kier alpha value is -3.38. The van der Waals surface area contributed by atoms with Gasteiger partial charge >= 0.3 is 0 Å². The quantitative estimate of drug-likeness (QED) is 0.344. The number of carbonyl (C=O) groups is 1. The van der Waals surface area contributed by atoms with E-state index in [4.69, 9.17) is 9.47 Å². The molecule has 1 amide bonds. The second-order valence-electron chi connectivity index (χ2n) is 9.27. The van der Waals surface area contributed by atoms with Crippen molar-refractivity contribution in [3.8, 4) is 11.5 Å². The van der Waals surface area contributed by atoms with Crippen LogP contribution in [0.5, 0.6) is 11.5 Å². The van der Waals surface area contributed by atoms with Gasteiger partial charge in [0.1, 0.15) is 11.5 Å². The molecule has 3 aromatic rings. The van der Waals surface area contributed by atoms with E-state index < -0.39 is 0 Å². The number of benzene rings is 3. The molecule has 0 aliphatic carbocycles. The van der Waals surface area contributed by atoms with Crippen LogP contribution in [-0.2, 0) is 6.42 Å². The lowest BCUT2D eigenvalue weighted by Crippen LogP contribution is -2.37. The van der Waals surface area contributed by atoms with Gasteiger partial charge in [-0.25, -0.2) is 0 Å². The lowest BCUT2D eigenvalue weighted by molar-refractivity contribution is -0.0329. The van der Waals surface area contributed by atoms with Crippen LogP contribution in [0.2, 0.25) is 0 Å². The zero-order chi connectivity index (χ0) is 25.2. The minimum absolute atomic E-state index is 0.0149. The van der Waals surface area contributed by atoms with Crippen molar-refractivity contribution >= 4 is 5.91 Å². The summed E-state index contributed by atoms with van der Waals surface area (Å²) >= 11 is 0. The van der Waals surface area contributed by atoms with Crippen LogP contribution < -0.4 is 14.8 Å². The zero-order valence-corrected chi connectivity index (χ0v) is 20.9. The summed E-state index contributed by atoms with van der Waals surface area (Å²) in [6.07, 6.45) is 2.49. The van der Waals surface area contributed by atoms with E-state index in [1.165, 1.54) is 11.1 Å². The summed E-state index contributed by atoms with van der Waals surface area (Å²) in [4.78, 5) is 12.1. The lowest BCUT2D eigenvalue weighted by atomic mass is 9.81. The molecule has 1 aliphatic heterocycles. The molecule has 6 heteroatoms. The molecule has 0 spiro atoms. The van der Waals surface area contributed by atoms with E-state index in [0.29, 0.717) is 44.2 Å². The summed E-state index contributed by atoms with van der Waals surface area (Å²) in [6, 6.07) is 25.6. The highest BCUT2D eigenvalue weighted by atomic mass is 19.2. The standard InChI is InChI=1S/C30H35FN2O3/c1-2-18-32-30(34)25-10-14-28(15-11-25)36-22-26-21-33(31)19-16-29(26)24-8-12-27(13-9-24)35-20-17-23-6-4-3-5-7-23/h3-15,26,29H,2,16-22H2,1H3,(H,32,34)/t26?,29-/m0/s1. The molecule has 190 valence electrons. The van der Waals surface area contributed by atoms with Gasteiger partial charge in [0.25, 0.3) is 5.91 Å². The molecular weight excluding hydrogens is 455 g/mol. The first-order valence-corrected chi connectivity index (χ1v) is 12.8. The maximum absolute atomic E-state index is 14.1. The van der Waals surface area contributed by atoms with Crippen molar-refractivity contribution in [1.29, 1.82) is 0 Å². The first kappa shape index (κ1) is 25.7. The molecule has 1 heterocycles. The second-order valence-corrected chi connectivity index (χ2v) is 9.27. The van der Waals surface area contributed by atoms with E-state index in [2.05, 4.69) is 29.6 Å². The molecule has 0 saturated carbocycles. The normalized spacial score (nSPS) is 17.9. The second kappa shape index (κ2) is 13.1. The molecule has 1 saturated heterocycles. The van der Waals surface area contributed by atoms with Gasteiger partial charge in [0.05, 0.1) is 13.2 Å². The van der Waals surface area contributed by atoms with Crippen molar-refractivity contribution < 1.29 is 18.7 Å². The minimum Gasteiger partial charge on any atom is -0.493 e. The number of halogens is 1. The highest BCUT2D eigenvalue weighted by molar-refractivity contribution is 5.94. The maximum Gasteiger partial charge on any atom is 0.251 e. The topological polar surface area (TPSA) is 50.8 Å². The Morgan fingerprint density at radius 3 is 2.39 bits per heavy atom. The van der Waals surface area contributed by atoms with E-state index in [0.717, 1.165) is 30.1 Å². The zero-order valence-electron chi connectivity index (χ0n) is 20.9. The molecule has 1 N–H and O–H groups in total. The molecule has 0 radical (unpaired) electrons. The number of carbonyl (C=O) groups excluding carboxylic acids is 1. The predicted molar refractivity (Wildman–Crippen MR) is 140 cm³/mol. The largest absolute Gasteiger partial charge is 0.493 e. The van der Waals surface area contributed by atoms with Crippen LogP contribution >= 0.6 is 0 Å². The number of nitrogens with one attached hydrogen (secondary N) is 1. The average molecular weight is 491 g/mol. The summed E-state index contributed by atoms with van der Waals surface area (Å²) < 4.78 is 26.1. The van der Waals surface area contributed by atoms with E-state index in [-0.39, 0.29) is 17.7 Å². The van der Waals surface area contributed by atoms with Crippen molar-refractivity contribution in [2.75, 3.05) is 32.8 Å². The summed E-state index contributed by atoms with van der Waals surface area (Å²) in [5.74, 6) is 1.65. The third kappa shape index (κ3) is 7.31. The molecule has 1 fully saturated rings. The fourth-order valence-corrected chi connectivity index (χ4v) is 4.58. The van der Waals surface area contributed by atoms with Crippen LogP contribution in [0.15, 0.2) is 78.9 Å². The molecule has 0 bridgehead atoms. The van der Waals surface area contributed by atoms with Gasteiger partial charge in [-0.15, -0.1) is 9.60 Å². The van der Waals surface area contributed by atoms with Gasteiger partial charge in [-0.1, -0.05) is 49.4 Å². The molecule has 0 aromatic heterocycles. The molecule has 4 rings (SSSR count). The van der Waals surface area contributed by atoms with Gasteiger partial charge in [-0.3, -0.25) is 4.79 Å². The first-order chi connectivity index (χ1) is 17.6. The lowest BCUT2D eigenvalue weighted by Gasteiger charge is -2.34. The Morgan fingerprint density at radius 2 is 1.67 bits per heavy atom. The van der Waals surface area contributed by atoms with Gasteiger partial charge in [-0.2, -0.15) is 0 Å². The maximum atomic E-state index is 14.1. The van der Waals surface area contributed by atoms with Gasteiger partial charge < -0.3 is 14.8 Å². The molecule has 2 atom stereocenters. The summed E-state index contributed by atoms with van der Waals surface area (Å²) in [5.41, 5.74) is 3.03. The summed E-state index contributed by atoms with van der Waals surface area (Å²) in [5, 5.41) is 3.75. The number of amides is 1. The van der Waals surface area contributed by atoms with Crippen LogP contribution in [0.1, 0.15) is 47.2 Å². The van der Waals surface area contributed by atoms with E-state index in [9.17, 15) is 9.28 Å². The van der Waals surface area contributed by atoms with Crippen LogP contribution in [0, 0.1) is 5.92 Å². The fraction of sp³-hybridized carbons (Fsp3) is 0.367. The monoisotopic (exact) mass is 490 g/mol. The van der Waals surface area contributed by atoms with Crippen molar-refractivity contribution in [3.05, 3.63) is 95.6 Å². The molecule has 1 aliphatic rings. The first-order valence-electron chi connectivity index (χ1n) is 12.8. The highest BCUT2D eigenvalue weighted by Crippen LogP contribution is 2.34. The van der Waals surface area contributed by atoms with Gasteiger partial charge in [0, 0.05) is 37.5 Å². The van der Waals surface area contributed by atoms with Gasteiger partial charge in [-0.05, 0) is 66.3 Å².